The predicted molar refractivity (Wildman–Crippen MR) is 99.9 cm³/mol. The number of alkyl halides is 8. The molecule has 0 saturated heterocycles. The number of nitrogens with one attached hydrogen (secondary N) is 2. The second-order valence-corrected chi connectivity index (χ2v) is 7.33. The number of carbonyl (C=O) groups excluding carboxylic acids is 2. The van der Waals surface area contributed by atoms with E-state index in [1.807, 2.05) is 0 Å². The Balaban J connectivity index is 2.36. The Labute approximate surface area is 192 Å². The van der Waals surface area contributed by atoms with E-state index in [9.17, 15) is 53.5 Å². The molecule has 34 heavy (non-hydrogen) atoms. The molecule has 2 N–H and O–H groups in total. The van der Waals surface area contributed by atoms with E-state index < -0.39 is 58.5 Å². The Kier molecular flexibility index (Phi) is 7.39. The van der Waals surface area contributed by atoms with Gasteiger partial charge in [0.25, 0.3) is 0 Å². The quantitative estimate of drug-likeness (QED) is 0.397. The molecule has 2 aromatic rings. The van der Waals surface area contributed by atoms with Gasteiger partial charge in [-0.3, -0.25) is 9.59 Å². The van der Waals surface area contributed by atoms with Gasteiger partial charge in [0, 0.05) is 10.0 Å². The summed E-state index contributed by atoms with van der Waals surface area (Å²) < 4.78 is 139. The molecular formula is C18H8Cl2F10N2O2. The van der Waals surface area contributed by atoms with Gasteiger partial charge in [0.2, 0.25) is 0 Å². The van der Waals surface area contributed by atoms with Crippen molar-refractivity contribution >= 4 is 46.4 Å². The van der Waals surface area contributed by atoms with Crippen LogP contribution in [-0.2, 0) is 9.59 Å². The predicted octanol–water partition coefficient (Wildman–Crippen LogP) is 6.39. The highest BCUT2D eigenvalue weighted by Gasteiger charge is 2.84. The smallest absolute Gasteiger partial charge is 0.318 e. The molecule has 0 aliphatic carbocycles. The Bertz CT molecular complexity index is 1040. The summed E-state index contributed by atoms with van der Waals surface area (Å²) in [7, 11) is 0. The minimum absolute atomic E-state index is 0.332. The largest absolute Gasteiger partial charge is 0.393 e. The van der Waals surface area contributed by atoms with Crippen molar-refractivity contribution < 1.29 is 53.5 Å². The maximum Gasteiger partial charge on any atom is 0.393 e. The molecule has 0 spiro atoms. The third-order valence-corrected chi connectivity index (χ3v) is 4.58. The van der Waals surface area contributed by atoms with Crippen LogP contribution in [0.4, 0.5) is 55.3 Å². The SMILES string of the molecule is O=C(Nc1ccc(Cl)cc1F)C(F)(F)C(F)(F)C(F)(F)C(F)(F)C(=O)Nc1ccc(Cl)cc1F. The zero-order valence-corrected chi connectivity index (χ0v) is 17.3. The van der Waals surface area contributed by atoms with Crippen LogP contribution in [0.3, 0.4) is 0 Å². The highest BCUT2D eigenvalue weighted by Crippen LogP contribution is 2.53. The van der Waals surface area contributed by atoms with E-state index in [0.29, 0.717) is 24.3 Å². The van der Waals surface area contributed by atoms with E-state index in [1.54, 1.807) is 0 Å². The number of hydrogen-bond acceptors (Lipinski definition) is 2. The van der Waals surface area contributed by atoms with Gasteiger partial charge in [-0.1, -0.05) is 23.2 Å². The van der Waals surface area contributed by atoms with Crippen LogP contribution < -0.4 is 10.6 Å². The Morgan fingerprint density at radius 3 is 1.18 bits per heavy atom. The average molecular weight is 545 g/mol. The van der Waals surface area contributed by atoms with Gasteiger partial charge >= 0.3 is 35.5 Å². The molecular weight excluding hydrogens is 537 g/mol. The van der Waals surface area contributed by atoms with Crippen LogP contribution in [0, 0.1) is 11.6 Å². The van der Waals surface area contributed by atoms with Crippen LogP contribution in [0.5, 0.6) is 0 Å². The summed E-state index contributed by atoms with van der Waals surface area (Å²) in [6.07, 6.45) is 0. The molecule has 16 heteroatoms. The van der Waals surface area contributed by atoms with E-state index in [4.69, 9.17) is 23.2 Å². The fraction of sp³-hybridized carbons (Fsp3) is 0.222. The lowest BCUT2D eigenvalue weighted by Gasteiger charge is -2.35. The van der Waals surface area contributed by atoms with Crippen LogP contribution in [-0.4, -0.2) is 35.5 Å². The molecule has 186 valence electrons. The zero-order valence-electron chi connectivity index (χ0n) is 15.8. The van der Waals surface area contributed by atoms with Crippen molar-refractivity contribution in [3.05, 3.63) is 58.1 Å². The lowest BCUT2D eigenvalue weighted by Crippen LogP contribution is -2.67. The third-order valence-electron chi connectivity index (χ3n) is 4.11. The summed E-state index contributed by atoms with van der Waals surface area (Å²) >= 11 is 10.7. The first-order valence-corrected chi connectivity index (χ1v) is 9.16. The standard InChI is InChI=1S/C18H8Cl2F10N2O2/c19-7-1-3-11(9(21)5-7)31-13(33)15(23,24)17(27,28)18(29,30)16(25,26)14(34)32-12-4-2-8(20)6-10(12)22/h1-6H,(H,31,33)(H,32,34). The van der Waals surface area contributed by atoms with Crippen LogP contribution in [0.25, 0.3) is 0 Å². The van der Waals surface area contributed by atoms with Crippen LogP contribution in [0.15, 0.2) is 36.4 Å². The number of rotatable bonds is 7. The lowest BCUT2D eigenvalue weighted by atomic mass is 9.97. The fourth-order valence-corrected chi connectivity index (χ4v) is 2.58. The molecule has 2 rings (SSSR count). The topological polar surface area (TPSA) is 58.2 Å². The van der Waals surface area contributed by atoms with Crippen molar-refractivity contribution in [3.8, 4) is 0 Å². The van der Waals surface area contributed by atoms with E-state index in [2.05, 4.69) is 0 Å². The number of carbonyl (C=O) groups is 2. The highest BCUT2D eigenvalue weighted by atomic mass is 35.5. The van der Waals surface area contributed by atoms with Crippen LogP contribution in [0.1, 0.15) is 0 Å². The Hall–Kier alpha value is -2.74. The molecule has 0 aromatic heterocycles. The lowest BCUT2D eigenvalue weighted by molar-refractivity contribution is -0.345. The van der Waals surface area contributed by atoms with Crippen molar-refractivity contribution in [2.45, 2.75) is 23.7 Å². The number of hydrogen-bond donors (Lipinski definition) is 2. The van der Waals surface area contributed by atoms with E-state index in [1.165, 1.54) is 0 Å². The highest BCUT2D eigenvalue weighted by molar-refractivity contribution is 6.31. The van der Waals surface area contributed by atoms with Gasteiger partial charge in [-0.15, -0.1) is 0 Å². The van der Waals surface area contributed by atoms with Gasteiger partial charge in [0.15, 0.2) is 0 Å². The molecule has 2 aromatic carbocycles. The molecule has 0 fully saturated rings. The normalized spacial score (nSPS) is 12.9. The number of halogens is 12. The maximum absolute atomic E-state index is 14.0. The maximum atomic E-state index is 14.0. The molecule has 0 heterocycles. The van der Waals surface area contributed by atoms with Crippen molar-refractivity contribution in [2.75, 3.05) is 10.6 Å². The minimum Gasteiger partial charge on any atom is -0.318 e. The molecule has 0 atom stereocenters. The monoisotopic (exact) mass is 544 g/mol. The molecule has 2 amide bonds. The van der Waals surface area contributed by atoms with Gasteiger partial charge in [0.1, 0.15) is 11.6 Å². The molecule has 0 unspecified atom stereocenters. The van der Waals surface area contributed by atoms with Crippen molar-refractivity contribution in [1.82, 2.24) is 0 Å². The second kappa shape index (κ2) is 9.13. The first-order chi connectivity index (χ1) is 15.4. The number of anilines is 2. The summed E-state index contributed by atoms with van der Waals surface area (Å²) in [4.78, 5) is 23.1. The number of amides is 2. The molecule has 0 saturated carbocycles. The van der Waals surface area contributed by atoms with E-state index in [-0.39, 0.29) is 10.0 Å². The number of benzene rings is 2. The molecule has 0 aliphatic heterocycles. The molecule has 0 bridgehead atoms. The fourth-order valence-electron chi connectivity index (χ4n) is 2.26. The minimum atomic E-state index is -7.22. The average Bonchev–Trinajstić information content (AvgIpc) is 2.71. The summed E-state index contributed by atoms with van der Waals surface area (Å²) in [6, 6.07) is 3.42. The summed E-state index contributed by atoms with van der Waals surface area (Å²) in [5.41, 5.74) is -2.45. The summed E-state index contributed by atoms with van der Waals surface area (Å²) in [6.45, 7) is 0. The second-order valence-electron chi connectivity index (χ2n) is 6.45. The Morgan fingerprint density at radius 1 is 0.618 bits per heavy atom. The van der Waals surface area contributed by atoms with Crippen molar-refractivity contribution in [2.24, 2.45) is 0 Å². The van der Waals surface area contributed by atoms with Crippen LogP contribution in [0.2, 0.25) is 10.0 Å². The van der Waals surface area contributed by atoms with Gasteiger partial charge in [-0.2, -0.15) is 35.1 Å². The molecule has 0 aliphatic rings. The van der Waals surface area contributed by atoms with E-state index >= 15 is 0 Å². The van der Waals surface area contributed by atoms with Gasteiger partial charge in [0.05, 0.1) is 11.4 Å². The third kappa shape index (κ3) is 4.73. The first-order valence-electron chi connectivity index (χ1n) is 8.40. The van der Waals surface area contributed by atoms with Gasteiger partial charge < -0.3 is 10.6 Å². The zero-order chi connectivity index (χ0) is 26.3. The molecule has 0 radical (unpaired) electrons. The summed E-state index contributed by atoms with van der Waals surface area (Å²) in [5, 5.41) is 1.03. The Morgan fingerprint density at radius 2 is 0.912 bits per heavy atom. The van der Waals surface area contributed by atoms with Crippen molar-refractivity contribution in [1.29, 1.82) is 0 Å². The van der Waals surface area contributed by atoms with Crippen LogP contribution >= 0.6 is 23.2 Å². The first kappa shape index (κ1) is 27.5. The molecule has 4 nitrogen and oxygen atoms in total. The van der Waals surface area contributed by atoms with Gasteiger partial charge in [-0.25, -0.2) is 8.78 Å². The summed E-state index contributed by atoms with van der Waals surface area (Å²) in [5.74, 6) is -37.4. The van der Waals surface area contributed by atoms with Gasteiger partial charge in [-0.05, 0) is 36.4 Å². The van der Waals surface area contributed by atoms with E-state index in [0.717, 1.165) is 22.8 Å². The van der Waals surface area contributed by atoms with Crippen molar-refractivity contribution in [3.63, 3.8) is 0 Å².